The van der Waals surface area contributed by atoms with Crippen molar-refractivity contribution in [2.45, 2.75) is 6.42 Å². The van der Waals surface area contributed by atoms with Gasteiger partial charge in [-0.2, -0.15) is 0 Å². The zero-order chi connectivity index (χ0) is 9.26. The lowest BCUT2D eigenvalue weighted by atomic mass is 10.1. The molecule has 74 valence electrons. The fraction of sp³-hybridized carbons (Fsp3) is 0.100. The highest BCUT2D eigenvalue weighted by atomic mass is 35.5. The average molecular weight is 212 g/mol. The van der Waals surface area contributed by atoms with Gasteiger partial charge in [-0.15, -0.1) is 12.4 Å². The minimum Gasteiger partial charge on any atom is -0.452 e. The Morgan fingerprint density at radius 1 is 1.36 bits per heavy atom. The average Bonchev–Trinajstić information content (AvgIpc) is 2.17. The first kappa shape index (κ1) is 10.6. The number of primary amides is 1. The quantitative estimate of drug-likeness (QED) is 0.764. The van der Waals surface area contributed by atoms with Gasteiger partial charge in [0.05, 0.1) is 0 Å². The predicted molar refractivity (Wildman–Crippen MR) is 55.3 cm³/mol. The molecule has 0 saturated heterocycles. The Kier molecular flexibility index (Phi) is 3.14. The molecule has 0 bridgehead atoms. The third-order valence-corrected chi connectivity index (χ3v) is 1.94. The maximum absolute atomic E-state index is 10.8. The summed E-state index contributed by atoms with van der Waals surface area (Å²) in [6, 6.07) is 7.59. The molecule has 0 saturated carbocycles. The lowest BCUT2D eigenvalue weighted by Gasteiger charge is -2.15. The molecule has 0 aliphatic carbocycles. The molecular weight excluding hydrogens is 202 g/mol. The van der Waals surface area contributed by atoms with Crippen LogP contribution in [0.4, 0.5) is 0 Å². The largest absolute Gasteiger partial charge is 0.452 e. The minimum absolute atomic E-state index is 0. The van der Waals surface area contributed by atoms with E-state index in [1.54, 1.807) is 6.08 Å². The van der Waals surface area contributed by atoms with E-state index in [2.05, 4.69) is 0 Å². The third-order valence-electron chi connectivity index (χ3n) is 1.94. The highest BCUT2D eigenvalue weighted by molar-refractivity contribution is 5.90. The Morgan fingerprint density at radius 3 is 2.79 bits per heavy atom. The van der Waals surface area contributed by atoms with Gasteiger partial charge in [0.2, 0.25) is 0 Å². The summed E-state index contributed by atoms with van der Waals surface area (Å²) in [6.07, 6.45) is 2.40. The van der Waals surface area contributed by atoms with Crippen LogP contribution >= 0.6 is 12.4 Å². The second-order valence-electron chi connectivity index (χ2n) is 2.85. The summed E-state index contributed by atoms with van der Waals surface area (Å²) in [5.41, 5.74) is 6.17. The normalized spacial score (nSPS) is 13.0. The van der Waals surface area contributed by atoms with Crippen molar-refractivity contribution in [1.29, 1.82) is 0 Å². The summed E-state index contributed by atoms with van der Waals surface area (Å²) in [4.78, 5) is 10.8. The van der Waals surface area contributed by atoms with Crippen molar-refractivity contribution >= 4 is 18.3 Å². The second-order valence-corrected chi connectivity index (χ2v) is 2.85. The summed E-state index contributed by atoms with van der Waals surface area (Å²) in [7, 11) is 0. The van der Waals surface area contributed by atoms with E-state index >= 15 is 0 Å². The fourth-order valence-electron chi connectivity index (χ4n) is 1.29. The van der Waals surface area contributed by atoms with Gasteiger partial charge in [0, 0.05) is 0 Å². The molecule has 0 atom stereocenters. The molecule has 1 amide bonds. The highest BCUT2D eigenvalue weighted by Gasteiger charge is 2.14. The van der Waals surface area contributed by atoms with Crippen LogP contribution in [0.1, 0.15) is 5.56 Å². The number of rotatable bonds is 1. The van der Waals surface area contributed by atoms with Gasteiger partial charge in [-0.1, -0.05) is 18.2 Å². The number of carbonyl (C=O) groups is 1. The number of fused-ring (bicyclic) bond motifs is 1. The number of amides is 1. The monoisotopic (exact) mass is 211 g/mol. The molecule has 1 aliphatic heterocycles. The van der Waals surface area contributed by atoms with Gasteiger partial charge in [-0.25, -0.2) is 0 Å². The van der Waals surface area contributed by atoms with Crippen LogP contribution in [0.25, 0.3) is 0 Å². The van der Waals surface area contributed by atoms with Gasteiger partial charge in [-0.3, -0.25) is 4.79 Å². The van der Waals surface area contributed by atoms with E-state index in [0.717, 1.165) is 11.3 Å². The molecule has 0 spiro atoms. The first-order valence-corrected chi connectivity index (χ1v) is 4.03. The zero-order valence-electron chi connectivity index (χ0n) is 7.40. The predicted octanol–water partition coefficient (Wildman–Crippen LogP) is 1.41. The number of para-hydroxylation sites is 1. The van der Waals surface area contributed by atoms with Gasteiger partial charge in [0.25, 0.3) is 5.91 Å². The van der Waals surface area contributed by atoms with Gasteiger partial charge in [0.1, 0.15) is 5.75 Å². The van der Waals surface area contributed by atoms with Crippen LogP contribution in [0.5, 0.6) is 5.75 Å². The SMILES string of the molecule is Cl.NC(=O)C1=CCc2ccccc2O1. The van der Waals surface area contributed by atoms with Gasteiger partial charge in [-0.05, 0) is 24.1 Å². The molecule has 1 heterocycles. The number of carbonyl (C=O) groups excluding carboxylic acids is 1. The molecule has 4 heteroatoms. The topological polar surface area (TPSA) is 52.3 Å². The number of hydrogen-bond donors (Lipinski definition) is 1. The smallest absolute Gasteiger partial charge is 0.284 e. The van der Waals surface area contributed by atoms with E-state index in [4.69, 9.17) is 10.5 Å². The fourth-order valence-corrected chi connectivity index (χ4v) is 1.29. The molecule has 1 aromatic rings. The van der Waals surface area contributed by atoms with E-state index in [-0.39, 0.29) is 18.2 Å². The van der Waals surface area contributed by atoms with E-state index in [1.165, 1.54) is 0 Å². The highest BCUT2D eigenvalue weighted by Crippen LogP contribution is 2.25. The first-order valence-electron chi connectivity index (χ1n) is 4.03. The van der Waals surface area contributed by atoms with Crippen molar-refractivity contribution in [3.63, 3.8) is 0 Å². The van der Waals surface area contributed by atoms with Gasteiger partial charge in [0.15, 0.2) is 5.76 Å². The number of ether oxygens (including phenoxy) is 1. The molecular formula is C10H10ClNO2. The van der Waals surface area contributed by atoms with E-state index in [0.29, 0.717) is 6.42 Å². The molecule has 0 radical (unpaired) electrons. The lowest BCUT2D eigenvalue weighted by Crippen LogP contribution is -2.20. The Labute approximate surface area is 88.0 Å². The number of benzene rings is 1. The minimum atomic E-state index is -0.519. The molecule has 0 fully saturated rings. The lowest BCUT2D eigenvalue weighted by molar-refractivity contribution is -0.116. The van der Waals surface area contributed by atoms with Crippen LogP contribution in [-0.2, 0) is 11.2 Å². The molecule has 14 heavy (non-hydrogen) atoms. The standard InChI is InChI=1S/C10H9NO2.ClH/c11-10(12)9-6-5-7-3-1-2-4-8(7)13-9;/h1-4,6H,5H2,(H2,11,12);1H. The third kappa shape index (κ3) is 1.88. The Bertz CT molecular complexity index is 387. The van der Waals surface area contributed by atoms with Crippen molar-refractivity contribution in [1.82, 2.24) is 0 Å². The molecule has 0 aromatic heterocycles. The maximum Gasteiger partial charge on any atom is 0.284 e. The maximum atomic E-state index is 10.8. The Morgan fingerprint density at radius 2 is 2.07 bits per heavy atom. The van der Waals surface area contributed by atoms with Crippen LogP contribution in [0, 0.1) is 0 Å². The molecule has 2 N–H and O–H groups in total. The summed E-state index contributed by atoms with van der Waals surface area (Å²) in [5, 5.41) is 0. The number of halogens is 1. The van der Waals surface area contributed by atoms with Crippen LogP contribution < -0.4 is 10.5 Å². The van der Waals surface area contributed by atoms with E-state index in [1.807, 2.05) is 24.3 Å². The van der Waals surface area contributed by atoms with Crippen molar-refractivity contribution in [2.75, 3.05) is 0 Å². The van der Waals surface area contributed by atoms with Crippen molar-refractivity contribution in [2.24, 2.45) is 5.73 Å². The summed E-state index contributed by atoms with van der Waals surface area (Å²) in [5.74, 6) is 0.437. The van der Waals surface area contributed by atoms with Crippen LogP contribution in [0.15, 0.2) is 36.1 Å². The van der Waals surface area contributed by atoms with Gasteiger partial charge < -0.3 is 10.5 Å². The molecule has 2 rings (SSSR count). The van der Waals surface area contributed by atoms with Crippen molar-refractivity contribution in [3.05, 3.63) is 41.7 Å². The molecule has 1 aliphatic rings. The zero-order valence-corrected chi connectivity index (χ0v) is 8.21. The molecule has 3 nitrogen and oxygen atoms in total. The summed E-state index contributed by atoms with van der Waals surface area (Å²) >= 11 is 0. The molecule has 0 unspecified atom stereocenters. The number of nitrogens with two attached hydrogens (primary N) is 1. The van der Waals surface area contributed by atoms with Crippen LogP contribution in [-0.4, -0.2) is 5.91 Å². The second kappa shape index (κ2) is 4.15. The van der Waals surface area contributed by atoms with Gasteiger partial charge >= 0.3 is 0 Å². The Balaban J connectivity index is 0.000000980. The summed E-state index contributed by atoms with van der Waals surface area (Å²) < 4.78 is 5.28. The first-order chi connectivity index (χ1) is 6.27. The van der Waals surface area contributed by atoms with Crippen LogP contribution in [0.3, 0.4) is 0 Å². The molecule has 1 aromatic carbocycles. The van der Waals surface area contributed by atoms with Crippen LogP contribution in [0.2, 0.25) is 0 Å². The number of allylic oxidation sites excluding steroid dienone is 1. The summed E-state index contributed by atoms with van der Waals surface area (Å²) in [6.45, 7) is 0. The Hall–Kier alpha value is -1.48. The number of hydrogen-bond acceptors (Lipinski definition) is 2. The van der Waals surface area contributed by atoms with E-state index < -0.39 is 5.91 Å². The van der Waals surface area contributed by atoms with Crippen molar-refractivity contribution < 1.29 is 9.53 Å². The van der Waals surface area contributed by atoms with Crippen molar-refractivity contribution in [3.8, 4) is 5.75 Å². The van der Waals surface area contributed by atoms with E-state index in [9.17, 15) is 4.79 Å².